The highest BCUT2D eigenvalue weighted by Gasteiger charge is 2.13. The molecule has 30 heavy (non-hydrogen) atoms. The number of thiazole rings is 1. The summed E-state index contributed by atoms with van der Waals surface area (Å²) >= 11 is 1.62. The fourth-order valence-electron chi connectivity index (χ4n) is 2.72. The molecule has 1 aromatic carbocycles. The standard InChI is InChI=1S/C21H32N4O3S.HI/c1-7-22-21(25(4)13-17-14-29-20(24-17)15(3)26-5)23-12-16-9-10-18(27-6)19(11-16)28-8-2;/h9-11,14-15H,7-8,12-13H2,1-6H3,(H,22,23);1H. The number of hydrogen-bond acceptors (Lipinski definition) is 6. The van der Waals surface area contributed by atoms with Crippen molar-refractivity contribution in [2.24, 2.45) is 4.99 Å². The smallest absolute Gasteiger partial charge is 0.194 e. The highest BCUT2D eigenvalue weighted by molar-refractivity contribution is 14.0. The fourth-order valence-corrected chi connectivity index (χ4v) is 3.57. The summed E-state index contributed by atoms with van der Waals surface area (Å²) in [4.78, 5) is 11.5. The van der Waals surface area contributed by atoms with Crippen LogP contribution in [-0.2, 0) is 17.8 Å². The maximum atomic E-state index is 5.66. The van der Waals surface area contributed by atoms with Gasteiger partial charge in [-0.3, -0.25) is 0 Å². The van der Waals surface area contributed by atoms with Crippen LogP contribution in [-0.4, -0.2) is 50.3 Å². The molecule has 0 saturated heterocycles. The van der Waals surface area contributed by atoms with E-state index in [2.05, 4.69) is 27.5 Å². The summed E-state index contributed by atoms with van der Waals surface area (Å²) < 4.78 is 16.4. The van der Waals surface area contributed by atoms with Gasteiger partial charge in [0.05, 0.1) is 32.5 Å². The number of ether oxygens (including phenoxy) is 3. The van der Waals surface area contributed by atoms with Gasteiger partial charge in [0.1, 0.15) is 11.1 Å². The van der Waals surface area contributed by atoms with E-state index >= 15 is 0 Å². The van der Waals surface area contributed by atoms with Gasteiger partial charge >= 0.3 is 0 Å². The number of nitrogens with one attached hydrogen (secondary N) is 1. The average molecular weight is 548 g/mol. The number of hydrogen-bond donors (Lipinski definition) is 1. The Morgan fingerprint density at radius 1 is 1.27 bits per heavy atom. The molecule has 0 aliphatic heterocycles. The minimum atomic E-state index is 0. The Morgan fingerprint density at radius 2 is 2.03 bits per heavy atom. The van der Waals surface area contributed by atoms with Gasteiger partial charge in [-0.2, -0.15) is 0 Å². The van der Waals surface area contributed by atoms with E-state index in [9.17, 15) is 0 Å². The van der Waals surface area contributed by atoms with Crippen LogP contribution in [0.4, 0.5) is 0 Å². The molecule has 1 heterocycles. The Labute approximate surface area is 200 Å². The summed E-state index contributed by atoms with van der Waals surface area (Å²) in [5, 5.41) is 6.40. The van der Waals surface area contributed by atoms with Crippen molar-refractivity contribution in [3.8, 4) is 11.5 Å². The predicted molar refractivity (Wildman–Crippen MR) is 133 cm³/mol. The molecule has 1 aromatic heterocycles. The van der Waals surface area contributed by atoms with Gasteiger partial charge in [-0.15, -0.1) is 35.3 Å². The van der Waals surface area contributed by atoms with Crippen LogP contribution in [0.2, 0.25) is 0 Å². The second kappa shape index (κ2) is 13.7. The molecular formula is C21H33IN4O3S. The SMILES string of the molecule is CCNC(=NCc1ccc(OC)c(OCC)c1)N(C)Cc1csc(C(C)OC)n1.I. The van der Waals surface area contributed by atoms with Gasteiger partial charge in [0, 0.05) is 26.1 Å². The van der Waals surface area contributed by atoms with Crippen molar-refractivity contribution in [2.75, 3.05) is 34.4 Å². The number of aromatic nitrogens is 1. The molecule has 9 heteroatoms. The van der Waals surface area contributed by atoms with Crippen LogP contribution in [0.5, 0.6) is 11.5 Å². The molecule has 0 bridgehead atoms. The van der Waals surface area contributed by atoms with Crippen molar-refractivity contribution < 1.29 is 14.2 Å². The van der Waals surface area contributed by atoms with Crippen molar-refractivity contribution in [3.05, 3.63) is 39.8 Å². The third-order valence-electron chi connectivity index (χ3n) is 4.31. The van der Waals surface area contributed by atoms with E-state index < -0.39 is 0 Å². The number of rotatable bonds is 10. The zero-order valence-electron chi connectivity index (χ0n) is 18.6. The first-order valence-electron chi connectivity index (χ1n) is 9.78. The first-order valence-corrected chi connectivity index (χ1v) is 10.7. The molecule has 0 fully saturated rings. The van der Waals surface area contributed by atoms with Crippen LogP contribution in [0.25, 0.3) is 0 Å². The molecule has 0 aliphatic rings. The lowest BCUT2D eigenvalue weighted by Gasteiger charge is -2.21. The number of halogens is 1. The van der Waals surface area contributed by atoms with E-state index in [1.807, 2.05) is 39.1 Å². The van der Waals surface area contributed by atoms with Gasteiger partial charge in [0.2, 0.25) is 0 Å². The van der Waals surface area contributed by atoms with Gasteiger partial charge < -0.3 is 24.4 Å². The summed E-state index contributed by atoms with van der Waals surface area (Å²) in [6, 6.07) is 5.90. The first kappa shape index (κ1) is 26.4. The Morgan fingerprint density at radius 3 is 2.67 bits per heavy atom. The van der Waals surface area contributed by atoms with E-state index in [1.165, 1.54) is 0 Å². The highest BCUT2D eigenvalue weighted by Crippen LogP contribution is 2.28. The lowest BCUT2D eigenvalue weighted by Crippen LogP contribution is -2.38. The second-order valence-electron chi connectivity index (χ2n) is 6.50. The molecule has 0 aliphatic carbocycles. The Kier molecular flexibility index (Phi) is 12.0. The molecular weight excluding hydrogens is 515 g/mol. The summed E-state index contributed by atoms with van der Waals surface area (Å²) in [5.74, 6) is 2.30. The topological polar surface area (TPSA) is 68.2 Å². The number of nitrogens with zero attached hydrogens (tertiary/aromatic N) is 3. The number of benzene rings is 1. The molecule has 1 N–H and O–H groups in total. The third kappa shape index (κ3) is 7.59. The Balaban J connectivity index is 0.00000450. The van der Waals surface area contributed by atoms with Crippen molar-refractivity contribution in [1.82, 2.24) is 15.2 Å². The van der Waals surface area contributed by atoms with Gasteiger partial charge in [-0.05, 0) is 38.5 Å². The summed E-state index contributed by atoms with van der Waals surface area (Å²) in [5.41, 5.74) is 2.06. The first-order chi connectivity index (χ1) is 14.0. The van der Waals surface area contributed by atoms with E-state index in [-0.39, 0.29) is 30.1 Å². The second-order valence-corrected chi connectivity index (χ2v) is 7.39. The molecule has 0 amide bonds. The highest BCUT2D eigenvalue weighted by atomic mass is 127. The molecule has 0 radical (unpaired) electrons. The minimum absolute atomic E-state index is 0. The van der Waals surface area contributed by atoms with E-state index in [0.29, 0.717) is 19.7 Å². The van der Waals surface area contributed by atoms with Crippen molar-refractivity contribution in [1.29, 1.82) is 0 Å². The van der Waals surface area contributed by atoms with E-state index in [1.54, 1.807) is 25.6 Å². The molecule has 168 valence electrons. The zero-order valence-corrected chi connectivity index (χ0v) is 21.7. The van der Waals surface area contributed by atoms with Crippen molar-refractivity contribution in [3.63, 3.8) is 0 Å². The van der Waals surface area contributed by atoms with Gasteiger partial charge in [-0.1, -0.05) is 6.07 Å². The molecule has 2 rings (SSSR count). The third-order valence-corrected chi connectivity index (χ3v) is 5.36. The van der Waals surface area contributed by atoms with Crippen LogP contribution < -0.4 is 14.8 Å². The Bertz CT molecular complexity index is 800. The average Bonchev–Trinajstić information content (AvgIpc) is 3.19. The van der Waals surface area contributed by atoms with Gasteiger partial charge in [0.15, 0.2) is 17.5 Å². The summed E-state index contributed by atoms with van der Waals surface area (Å²) in [6.45, 7) is 8.62. The van der Waals surface area contributed by atoms with Crippen molar-refractivity contribution in [2.45, 2.75) is 40.0 Å². The van der Waals surface area contributed by atoms with Crippen LogP contribution >= 0.6 is 35.3 Å². The summed E-state index contributed by atoms with van der Waals surface area (Å²) in [6.07, 6.45) is 0.00979. The maximum Gasteiger partial charge on any atom is 0.194 e. The number of methoxy groups -OCH3 is 2. The van der Waals surface area contributed by atoms with Crippen molar-refractivity contribution >= 4 is 41.3 Å². The molecule has 1 unspecified atom stereocenters. The number of guanidine groups is 1. The van der Waals surface area contributed by atoms with E-state index in [4.69, 9.17) is 19.2 Å². The number of aliphatic imine (C=N–C) groups is 1. The Hall–Kier alpha value is -1.59. The minimum Gasteiger partial charge on any atom is -0.493 e. The lowest BCUT2D eigenvalue weighted by molar-refractivity contribution is 0.119. The summed E-state index contributed by atoms with van der Waals surface area (Å²) in [7, 11) is 5.36. The lowest BCUT2D eigenvalue weighted by atomic mass is 10.2. The molecule has 0 spiro atoms. The predicted octanol–water partition coefficient (Wildman–Crippen LogP) is 4.47. The molecule has 7 nitrogen and oxygen atoms in total. The van der Waals surface area contributed by atoms with Crippen LogP contribution in [0.3, 0.4) is 0 Å². The van der Waals surface area contributed by atoms with Crippen LogP contribution in [0.1, 0.15) is 43.1 Å². The maximum absolute atomic E-state index is 5.66. The fraction of sp³-hybridized carbons (Fsp3) is 0.524. The monoisotopic (exact) mass is 548 g/mol. The molecule has 2 aromatic rings. The quantitative estimate of drug-likeness (QED) is 0.269. The normalized spacial score (nSPS) is 12.1. The molecule has 0 saturated carbocycles. The molecule has 1 atom stereocenters. The van der Waals surface area contributed by atoms with E-state index in [0.717, 1.165) is 40.3 Å². The van der Waals surface area contributed by atoms with Gasteiger partial charge in [0.25, 0.3) is 0 Å². The van der Waals surface area contributed by atoms with Gasteiger partial charge in [-0.25, -0.2) is 9.98 Å². The largest absolute Gasteiger partial charge is 0.493 e. The zero-order chi connectivity index (χ0) is 21.2. The van der Waals surface area contributed by atoms with Crippen LogP contribution in [0.15, 0.2) is 28.6 Å². The van der Waals surface area contributed by atoms with Crippen LogP contribution in [0, 0.1) is 0 Å².